The molecule has 1 heterocycles. The maximum Gasteiger partial charge on any atom is 0.256 e. The first kappa shape index (κ1) is 13.8. The van der Waals surface area contributed by atoms with Crippen LogP contribution in [0.5, 0.6) is 5.75 Å². The molecule has 0 fully saturated rings. The third kappa shape index (κ3) is 3.12. The molecule has 0 radical (unpaired) electrons. The Morgan fingerprint density at radius 3 is 2.41 bits per heavy atom. The summed E-state index contributed by atoms with van der Waals surface area (Å²) in [6.45, 7) is 0. The van der Waals surface area contributed by atoms with Crippen LogP contribution in [0, 0.1) is 0 Å². The number of aromatic hydroxyl groups is 1. The molecule has 0 saturated heterocycles. The van der Waals surface area contributed by atoms with Crippen molar-refractivity contribution in [2.75, 3.05) is 5.32 Å². The summed E-state index contributed by atoms with van der Waals surface area (Å²) < 4.78 is 0. The number of anilines is 1. The molecular weight excluding hydrogens is 276 g/mol. The van der Waals surface area contributed by atoms with E-state index in [-0.39, 0.29) is 11.7 Å². The molecule has 3 aromatic rings. The molecule has 2 aromatic carbocycles. The van der Waals surface area contributed by atoms with Gasteiger partial charge in [-0.3, -0.25) is 4.79 Å². The largest absolute Gasteiger partial charge is 0.506 e. The number of carbonyl (C=O) groups is 1. The summed E-state index contributed by atoms with van der Waals surface area (Å²) in [5.41, 5.74) is 2.59. The lowest BCUT2D eigenvalue weighted by atomic mass is 10.0. The summed E-state index contributed by atoms with van der Waals surface area (Å²) in [6.07, 6.45) is 1.29. The molecule has 1 aromatic heterocycles. The fourth-order valence-corrected chi connectivity index (χ4v) is 2.12. The van der Waals surface area contributed by atoms with E-state index in [9.17, 15) is 9.90 Å². The van der Waals surface area contributed by atoms with Gasteiger partial charge in [0.05, 0.1) is 6.20 Å². The maximum atomic E-state index is 12.3. The van der Waals surface area contributed by atoms with E-state index < -0.39 is 0 Å². The summed E-state index contributed by atoms with van der Waals surface area (Å²) in [6, 6.07) is 20.3. The highest BCUT2D eigenvalue weighted by Gasteiger charge is 2.08. The second-order valence-electron chi connectivity index (χ2n) is 4.80. The van der Waals surface area contributed by atoms with E-state index in [1.54, 1.807) is 12.1 Å². The van der Waals surface area contributed by atoms with Crippen LogP contribution in [-0.2, 0) is 0 Å². The molecule has 0 atom stereocenters. The number of benzene rings is 2. The Morgan fingerprint density at radius 1 is 0.909 bits per heavy atom. The molecule has 0 unspecified atom stereocenters. The predicted octanol–water partition coefficient (Wildman–Crippen LogP) is 3.71. The van der Waals surface area contributed by atoms with Crippen LogP contribution in [0.25, 0.3) is 11.1 Å². The van der Waals surface area contributed by atoms with Crippen molar-refractivity contribution in [2.45, 2.75) is 0 Å². The molecule has 0 bridgehead atoms. The Kier molecular flexibility index (Phi) is 3.83. The SMILES string of the molecule is O=C(Nc1ccc(O)cn1)c1cccc(-c2ccccc2)c1. The van der Waals surface area contributed by atoms with Crippen LogP contribution in [-0.4, -0.2) is 16.0 Å². The van der Waals surface area contributed by atoms with Gasteiger partial charge in [0.25, 0.3) is 5.91 Å². The Bertz CT molecular complexity index is 784. The van der Waals surface area contributed by atoms with E-state index >= 15 is 0 Å². The number of pyridine rings is 1. The Hall–Kier alpha value is -3.14. The van der Waals surface area contributed by atoms with E-state index in [4.69, 9.17) is 0 Å². The van der Waals surface area contributed by atoms with Crippen molar-refractivity contribution < 1.29 is 9.90 Å². The van der Waals surface area contributed by atoms with Crippen molar-refractivity contribution >= 4 is 11.7 Å². The molecule has 3 rings (SSSR count). The van der Waals surface area contributed by atoms with Gasteiger partial charge in [0, 0.05) is 5.56 Å². The highest BCUT2D eigenvalue weighted by atomic mass is 16.3. The van der Waals surface area contributed by atoms with Crippen molar-refractivity contribution in [1.29, 1.82) is 0 Å². The second-order valence-corrected chi connectivity index (χ2v) is 4.80. The van der Waals surface area contributed by atoms with Crippen LogP contribution >= 0.6 is 0 Å². The lowest BCUT2D eigenvalue weighted by Crippen LogP contribution is -2.12. The van der Waals surface area contributed by atoms with Crippen molar-refractivity contribution in [1.82, 2.24) is 4.98 Å². The molecule has 0 spiro atoms. The van der Waals surface area contributed by atoms with Gasteiger partial charge < -0.3 is 10.4 Å². The Balaban J connectivity index is 1.82. The maximum absolute atomic E-state index is 12.3. The number of hydrogen-bond acceptors (Lipinski definition) is 3. The lowest BCUT2D eigenvalue weighted by Gasteiger charge is -2.07. The fourth-order valence-electron chi connectivity index (χ4n) is 2.12. The van der Waals surface area contributed by atoms with Crippen molar-refractivity contribution in [3.05, 3.63) is 78.5 Å². The Morgan fingerprint density at radius 2 is 1.68 bits per heavy atom. The summed E-state index contributed by atoms with van der Waals surface area (Å²) >= 11 is 0. The van der Waals surface area contributed by atoms with E-state index in [0.29, 0.717) is 11.4 Å². The summed E-state index contributed by atoms with van der Waals surface area (Å²) in [7, 11) is 0. The predicted molar refractivity (Wildman–Crippen MR) is 85.7 cm³/mol. The van der Waals surface area contributed by atoms with E-state index in [2.05, 4.69) is 10.3 Å². The van der Waals surface area contributed by atoms with Gasteiger partial charge in [0.2, 0.25) is 0 Å². The first-order chi connectivity index (χ1) is 10.7. The monoisotopic (exact) mass is 290 g/mol. The van der Waals surface area contributed by atoms with E-state index in [0.717, 1.165) is 11.1 Å². The number of aromatic nitrogens is 1. The van der Waals surface area contributed by atoms with Crippen molar-refractivity contribution in [3.8, 4) is 16.9 Å². The fraction of sp³-hybridized carbons (Fsp3) is 0. The van der Waals surface area contributed by atoms with Gasteiger partial charge in [-0.1, -0.05) is 42.5 Å². The minimum absolute atomic E-state index is 0.0593. The number of hydrogen-bond donors (Lipinski definition) is 2. The van der Waals surface area contributed by atoms with Crippen LogP contribution in [0.3, 0.4) is 0 Å². The van der Waals surface area contributed by atoms with Gasteiger partial charge in [0.1, 0.15) is 11.6 Å². The highest BCUT2D eigenvalue weighted by molar-refractivity contribution is 6.04. The van der Waals surface area contributed by atoms with Crippen molar-refractivity contribution in [3.63, 3.8) is 0 Å². The van der Waals surface area contributed by atoms with Crippen LogP contribution in [0.15, 0.2) is 72.9 Å². The molecule has 4 nitrogen and oxygen atoms in total. The zero-order chi connectivity index (χ0) is 15.4. The number of nitrogens with zero attached hydrogens (tertiary/aromatic N) is 1. The molecule has 0 aliphatic carbocycles. The average Bonchev–Trinajstić information content (AvgIpc) is 2.58. The molecule has 108 valence electrons. The lowest BCUT2D eigenvalue weighted by molar-refractivity contribution is 0.102. The zero-order valence-corrected chi connectivity index (χ0v) is 11.7. The Labute approximate surface area is 128 Å². The van der Waals surface area contributed by atoms with Gasteiger partial charge in [-0.25, -0.2) is 4.98 Å². The number of carbonyl (C=O) groups excluding carboxylic acids is 1. The van der Waals surface area contributed by atoms with E-state index in [1.807, 2.05) is 48.5 Å². The molecule has 0 aliphatic rings. The van der Waals surface area contributed by atoms with Gasteiger partial charge in [-0.15, -0.1) is 0 Å². The normalized spacial score (nSPS) is 10.2. The summed E-state index contributed by atoms with van der Waals surface area (Å²) in [5, 5.41) is 11.9. The smallest absolute Gasteiger partial charge is 0.256 e. The number of rotatable bonds is 3. The number of nitrogens with one attached hydrogen (secondary N) is 1. The number of amides is 1. The van der Waals surface area contributed by atoms with Crippen LogP contribution in [0.1, 0.15) is 10.4 Å². The molecule has 4 heteroatoms. The zero-order valence-electron chi connectivity index (χ0n) is 11.7. The minimum Gasteiger partial charge on any atom is -0.506 e. The molecule has 2 N–H and O–H groups in total. The van der Waals surface area contributed by atoms with Crippen LogP contribution in [0.2, 0.25) is 0 Å². The molecule has 1 amide bonds. The van der Waals surface area contributed by atoms with Gasteiger partial charge in [-0.05, 0) is 35.4 Å². The molecule has 22 heavy (non-hydrogen) atoms. The van der Waals surface area contributed by atoms with Crippen LogP contribution < -0.4 is 5.32 Å². The third-order valence-corrected chi connectivity index (χ3v) is 3.22. The van der Waals surface area contributed by atoms with Gasteiger partial charge >= 0.3 is 0 Å². The van der Waals surface area contributed by atoms with Crippen molar-refractivity contribution in [2.24, 2.45) is 0 Å². The first-order valence-corrected chi connectivity index (χ1v) is 6.84. The van der Waals surface area contributed by atoms with Gasteiger partial charge in [-0.2, -0.15) is 0 Å². The van der Waals surface area contributed by atoms with Crippen LogP contribution in [0.4, 0.5) is 5.82 Å². The summed E-state index contributed by atoms with van der Waals surface area (Å²) in [4.78, 5) is 16.2. The standard InChI is InChI=1S/C18H14N2O2/c21-16-9-10-17(19-12-16)20-18(22)15-8-4-7-14(11-15)13-5-2-1-3-6-13/h1-12,21H,(H,19,20,22). The minimum atomic E-state index is -0.240. The second kappa shape index (κ2) is 6.10. The summed E-state index contributed by atoms with van der Waals surface area (Å²) in [5.74, 6) is 0.216. The third-order valence-electron chi connectivity index (χ3n) is 3.22. The van der Waals surface area contributed by atoms with E-state index in [1.165, 1.54) is 12.3 Å². The molecule has 0 saturated carbocycles. The molecule has 0 aliphatic heterocycles. The quantitative estimate of drug-likeness (QED) is 0.773. The first-order valence-electron chi connectivity index (χ1n) is 6.84. The van der Waals surface area contributed by atoms with Gasteiger partial charge in [0.15, 0.2) is 0 Å². The average molecular weight is 290 g/mol. The molecular formula is C18H14N2O2. The topological polar surface area (TPSA) is 62.2 Å². The highest BCUT2D eigenvalue weighted by Crippen LogP contribution is 2.20.